The summed E-state index contributed by atoms with van der Waals surface area (Å²) in [7, 11) is 0. The Bertz CT molecular complexity index is 667. The standard InChI is InChI=1S/C15H11NS/c1-11(12-5-3-2-4-6-12)13-7-8-14-15(9-13)17-10-16-14/h2-10H,1H2. The van der Waals surface area contributed by atoms with Gasteiger partial charge in [0.1, 0.15) is 0 Å². The highest BCUT2D eigenvalue weighted by Gasteiger charge is 2.04. The molecule has 0 atom stereocenters. The van der Waals surface area contributed by atoms with Crippen molar-refractivity contribution in [2.24, 2.45) is 0 Å². The van der Waals surface area contributed by atoms with Crippen LogP contribution in [-0.4, -0.2) is 4.98 Å². The summed E-state index contributed by atoms with van der Waals surface area (Å²) in [6.07, 6.45) is 0. The van der Waals surface area contributed by atoms with E-state index >= 15 is 0 Å². The quantitative estimate of drug-likeness (QED) is 0.645. The molecule has 0 aliphatic carbocycles. The van der Waals surface area contributed by atoms with E-state index in [-0.39, 0.29) is 0 Å². The van der Waals surface area contributed by atoms with Crippen LogP contribution in [0.15, 0.2) is 60.6 Å². The van der Waals surface area contributed by atoms with Gasteiger partial charge in [0.25, 0.3) is 0 Å². The Morgan fingerprint density at radius 2 is 1.82 bits per heavy atom. The van der Waals surface area contributed by atoms with Crippen molar-refractivity contribution >= 4 is 27.1 Å². The van der Waals surface area contributed by atoms with Crippen molar-refractivity contribution < 1.29 is 0 Å². The molecule has 0 amide bonds. The molecular weight excluding hydrogens is 226 g/mol. The summed E-state index contributed by atoms with van der Waals surface area (Å²) in [4.78, 5) is 4.28. The van der Waals surface area contributed by atoms with E-state index in [1.807, 2.05) is 23.7 Å². The lowest BCUT2D eigenvalue weighted by Crippen LogP contribution is -1.85. The molecule has 0 N–H and O–H groups in total. The van der Waals surface area contributed by atoms with E-state index in [2.05, 4.69) is 41.9 Å². The fourth-order valence-electron chi connectivity index (χ4n) is 1.85. The second-order valence-electron chi connectivity index (χ2n) is 3.88. The van der Waals surface area contributed by atoms with Crippen LogP contribution in [0.25, 0.3) is 15.8 Å². The third-order valence-corrected chi connectivity index (χ3v) is 3.59. The highest BCUT2D eigenvalue weighted by atomic mass is 32.1. The summed E-state index contributed by atoms with van der Waals surface area (Å²) < 4.78 is 1.21. The molecule has 82 valence electrons. The Morgan fingerprint density at radius 3 is 2.65 bits per heavy atom. The van der Waals surface area contributed by atoms with Crippen LogP contribution >= 0.6 is 11.3 Å². The Hall–Kier alpha value is -1.93. The minimum Gasteiger partial charge on any atom is -0.245 e. The molecule has 2 aromatic carbocycles. The zero-order valence-electron chi connectivity index (χ0n) is 9.26. The average molecular weight is 237 g/mol. The van der Waals surface area contributed by atoms with Crippen LogP contribution in [0.2, 0.25) is 0 Å². The van der Waals surface area contributed by atoms with Crippen molar-refractivity contribution in [1.29, 1.82) is 0 Å². The van der Waals surface area contributed by atoms with Crippen molar-refractivity contribution in [1.82, 2.24) is 4.98 Å². The minimum absolute atomic E-state index is 1.06. The first kappa shape index (κ1) is 10.2. The normalized spacial score (nSPS) is 10.6. The SMILES string of the molecule is C=C(c1ccccc1)c1ccc2ncsc2c1. The van der Waals surface area contributed by atoms with Gasteiger partial charge < -0.3 is 0 Å². The molecule has 0 aliphatic heterocycles. The molecule has 17 heavy (non-hydrogen) atoms. The van der Waals surface area contributed by atoms with Gasteiger partial charge in [0.05, 0.1) is 15.7 Å². The second kappa shape index (κ2) is 4.15. The van der Waals surface area contributed by atoms with Gasteiger partial charge in [-0.25, -0.2) is 4.98 Å². The first-order chi connectivity index (χ1) is 8.34. The van der Waals surface area contributed by atoms with E-state index in [0.29, 0.717) is 0 Å². The molecule has 0 spiro atoms. The zero-order chi connectivity index (χ0) is 11.7. The molecule has 0 saturated carbocycles. The van der Waals surface area contributed by atoms with Crippen LogP contribution in [0.4, 0.5) is 0 Å². The van der Waals surface area contributed by atoms with Crippen molar-refractivity contribution in [3.63, 3.8) is 0 Å². The smallest absolute Gasteiger partial charge is 0.0812 e. The van der Waals surface area contributed by atoms with Gasteiger partial charge >= 0.3 is 0 Å². The van der Waals surface area contributed by atoms with Crippen LogP contribution in [0.3, 0.4) is 0 Å². The van der Waals surface area contributed by atoms with Crippen LogP contribution in [0.5, 0.6) is 0 Å². The average Bonchev–Trinajstić information content (AvgIpc) is 2.86. The van der Waals surface area contributed by atoms with Gasteiger partial charge in [0, 0.05) is 0 Å². The molecule has 3 aromatic rings. The Labute approximate surface area is 104 Å². The monoisotopic (exact) mass is 237 g/mol. The van der Waals surface area contributed by atoms with Gasteiger partial charge in [0.15, 0.2) is 0 Å². The van der Waals surface area contributed by atoms with Gasteiger partial charge in [-0.2, -0.15) is 0 Å². The number of thiazole rings is 1. The molecule has 0 fully saturated rings. The maximum Gasteiger partial charge on any atom is 0.0812 e. The Morgan fingerprint density at radius 1 is 1.00 bits per heavy atom. The molecular formula is C15H11NS. The largest absolute Gasteiger partial charge is 0.245 e. The van der Waals surface area contributed by atoms with E-state index in [4.69, 9.17) is 0 Å². The highest BCUT2D eigenvalue weighted by molar-refractivity contribution is 7.16. The molecule has 1 nitrogen and oxygen atoms in total. The van der Waals surface area contributed by atoms with Gasteiger partial charge in [-0.05, 0) is 28.8 Å². The van der Waals surface area contributed by atoms with Crippen molar-refractivity contribution in [2.45, 2.75) is 0 Å². The fourth-order valence-corrected chi connectivity index (χ4v) is 2.57. The lowest BCUT2D eigenvalue weighted by molar-refractivity contribution is 1.49. The van der Waals surface area contributed by atoms with E-state index in [9.17, 15) is 0 Å². The highest BCUT2D eigenvalue weighted by Crippen LogP contribution is 2.26. The van der Waals surface area contributed by atoms with Gasteiger partial charge in [-0.3, -0.25) is 0 Å². The third kappa shape index (κ3) is 1.87. The number of hydrogen-bond acceptors (Lipinski definition) is 2. The summed E-state index contributed by atoms with van der Waals surface area (Å²) in [6, 6.07) is 16.5. The summed E-state index contributed by atoms with van der Waals surface area (Å²) in [6.45, 7) is 4.17. The fraction of sp³-hybridized carbons (Fsp3) is 0. The van der Waals surface area contributed by atoms with E-state index in [1.165, 1.54) is 4.70 Å². The minimum atomic E-state index is 1.06. The molecule has 1 heterocycles. The van der Waals surface area contributed by atoms with Gasteiger partial charge in [0.2, 0.25) is 0 Å². The molecule has 0 unspecified atom stereocenters. The Balaban J connectivity index is 2.06. The number of nitrogens with zero attached hydrogens (tertiary/aromatic N) is 1. The number of hydrogen-bond donors (Lipinski definition) is 0. The van der Waals surface area contributed by atoms with Crippen molar-refractivity contribution in [3.8, 4) is 0 Å². The first-order valence-corrected chi connectivity index (χ1v) is 6.30. The molecule has 0 saturated heterocycles. The summed E-state index contributed by atoms with van der Waals surface area (Å²) in [5.74, 6) is 0. The second-order valence-corrected chi connectivity index (χ2v) is 4.77. The topological polar surface area (TPSA) is 12.9 Å². The maximum atomic E-state index is 4.28. The van der Waals surface area contributed by atoms with E-state index < -0.39 is 0 Å². The maximum absolute atomic E-state index is 4.28. The lowest BCUT2D eigenvalue weighted by atomic mass is 10.00. The third-order valence-electron chi connectivity index (χ3n) is 2.80. The number of benzene rings is 2. The molecule has 3 rings (SSSR count). The van der Waals surface area contributed by atoms with Crippen LogP contribution in [0, 0.1) is 0 Å². The van der Waals surface area contributed by atoms with Gasteiger partial charge in [-0.15, -0.1) is 11.3 Å². The van der Waals surface area contributed by atoms with E-state index in [1.54, 1.807) is 11.3 Å². The number of rotatable bonds is 2. The molecule has 0 bridgehead atoms. The van der Waals surface area contributed by atoms with Crippen LogP contribution < -0.4 is 0 Å². The van der Waals surface area contributed by atoms with Crippen molar-refractivity contribution in [3.05, 3.63) is 71.7 Å². The predicted molar refractivity (Wildman–Crippen MR) is 74.2 cm³/mol. The van der Waals surface area contributed by atoms with Gasteiger partial charge in [-0.1, -0.05) is 43.0 Å². The molecule has 2 heteroatoms. The van der Waals surface area contributed by atoms with Crippen LogP contribution in [0.1, 0.15) is 11.1 Å². The summed E-state index contributed by atoms with van der Waals surface area (Å²) >= 11 is 1.66. The summed E-state index contributed by atoms with van der Waals surface area (Å²) in [5, 5.41) is 0. The van der Waals surface area contributed by atoms with Crippen molar-refractivity contribution in [2.75, 3.05) is 0 Å². The van der Waals surface area contributed by atoms with Crippen LogP contribution in [-0.2, 0) is 0 Å². The molecule has 0 radical (unpaired) electrons. The zero-order valence-corrected chi connectivity index (χ0v) is 10.1. The predicted octanol–water partition coefficient (Wildman–Crippen LogP) is 4.36. The number of fused-ring (bicyclic) bond motifs is 1. The molecule has 1 aromatic heterocycles. The first-order valence-electron chi connectivity index (χ1n) is 5.42. The lowest BCUT2D eigenvalue weighted by Gasteiger charge is -2.05. The van der Waals surface area contributed by atoms with E-state index in [0.717, 1.165) is 22.2 Å². The number of aromatic nitrogens is 1. The summed E-state index contributed by atoms with van der Waals surface area (Å²) in [5.41, 5.74) is 6.31. The molecule has 0 aliphatic rings. The Kier molecular flexibility index (Phi) is 2.50.